The van der Waals surface area contributed by atoms with Crippen molar-refractivity contribution in [3.05, 3.63) is 66.5 Å². The van der Waals surface area contributed by atoms with Crippen LogP contribution in [-0.2, 0) is 0 Å². The average Bonchev–Trinajstić information content (AvgIpc) is 2.22. The minimum Gasteiger partial charge on any atom is -0.262 e. The Kier molecular flexibility index (Phi) is 7.48. The largest absolute Gasteiger partial charge is 0.262 e. The van der Waals surface area contributed by atoms with Gasteiger partial charge in [-0.2, -0.15) is 0 Å². The van der Waals surface area contributed by atoms with Gasteiger partial charge < -0.3 is 0 Å². The third-order valence-electron chi connectivity index (χ3n) is 1.48. The molecule has 0 fully saturated rings. The van der Waals surface area contributed by atoms with Crippen LogP contribution in [-0.4, -0.2) is 4.98 Å². The molecule has 2 rings (SSSR count). The van der Waals surface area contributed by atoms with Crippen molar-refractivity contribution in [1.82, 2.24) is 4.98 Å². The fourth-order valence-electron chi connectivity index (χ4n) is 0.833. The normalized spacial score (nSPS) is 7.79. The number of pyridine rings is 1. The van der Waals surface area contributed by atoms with E-state index in [1.54, 1.807) is 6.20 Å². The lowest BCUT2D eigenvalue weighted by Gasteiger charge is -1.82. The molecule has 0 amide bonds. The Labute approximate surface area is 91.2 Å². The third-order valence-corrected chi connectivity index (χ3v) is 1.48. The summed E-state index contributed by atoms with van der Waals surface area (Å²) in [6, 6.07) is 17.9. The maximum Gasteiger partial charge on any atom is 0.0372 e. The number of hydrogen-bond acceptors (Lipinski definition) is 1. The first-order valence-corrected chi connectivity index (χ1v) is 4.27. The molecule has 0 saturated heterocycles. The fraction of sp³-hybridized carbons (Fsp3) is 0.0833. The molecule has 0 aliphatic carbocycles. The van der Waals surface area contributed by atoms with E-state index in [4.69, 9.17) is 0 Å². The Balaban J connectivity index is 0.000000227. The van der Waals surface area contributed by atoms with Gasteiger partial charge in [-0.1, -0.05) is 42.5 Å². The number of aryl methyl sites for hydroxylation is 1. The summed E-state index contributed by atoms with van der Waals surface area (Å²) in [4.78, 5) is 3.98. The van der Waals surface area contributed by atoms with Crippen molar-refractivity contribution in [2.45, 2.75) is 6.92 Å². The molecule has 0 N–H and O–H groups in total. The number of nitrogens with zero attached hydrogens (tertiary/aromatic N) is 1. The first kappa shape index (κ1) is 12.7. The van der Waals surface area contributed by atoms with Crippen LogP contribution in [0.4, 0.5) is 0 Å². The molecule has 2 heteroatoms. The molecule has 1 nitrogen and oxygen atoms in total. The van der Waals surface area contributed by atoms with Crippen LogP contribution in [0.5, 0.6) is 0 Å². The average molecular weight is 208 g/mol. The lowest BCUT2D eigenvalue weighted by molar-refractivity contribution is 1.20. The van der Waals surface area contributed by atoms with Crippen LogP contribution in [0.2, 0.25) is 0 Å². The maximum atomic E-state index is 3.98. The molecule has 0 radical (unpaired) electrons. The lowest BCUT2D eigenvalue weighted by atomic mass is 10.4. The van der Waals surface area contributed by atoms with E-state index in [-0.39, 0.29) is 12.4 Å². The Morgan fingerprint density at radius 3 is 1.50 bits per heavy atom. The Hall–Kier alpha value is -1.34. The van der Waals surface area contributed by atoms with Crippen LogP contribution < -0.4 is 0 Å². The van der Waals surface area contributed by atoms with E-state index in [0.29, 0.717) is 0 Å². The van der Waals surface area contributed by atoms with Crippen LogP contribution in [0.25, 0.3) is 0 Å². The van der Waals surface area contributed by atoms with Gasteiger partial charge >= 0.3 is 0 Å². The van der Waals surface area contributed by atoms with E-state index in [1.165, 1.54) is 0 Å². The van der Waals surface area contributed by atoms with Crippen LogP contribution in [0.15, 0.2) is 60.8 Å². The van der Waals surface area contributed by atoms with Crippen molar-refractivity contribution in [2.24, 2.45) is 0 Å². The first-order chi connectivity index (χ1) is 6.39. The molecule has 0 unspecified atom stereocenters. The highest BCUT2D eigenvalue weighted by Gasteiger charge is 1.73. The maximum absolute atomic E-state index is 3.98. The molecule has 0 aliphatic heterocycles. The number of benzene rings is 1. The minimum atomic E-state index is 0. The second-order valence-electron chi connectivity index (χ2n) is 2.63. The molecule has 74 valence electrons. The minimum absolute atomic E-state index is 0. The molecule has 0 bridgehead atoms. The van der Waals surface area contributed by atoms with Crippen LogP contribution in [0.3, 0.4) is 0 Å². The van der Waals surface area contributed by atoms with E-state index in [9.17, 15) is 0 Å². The van der Waals surface area contributed by atoms with Crippen LogP contribution in [0.1, 0.15) is 5.69 Å². The summed E-state index contributed by atoms with van der Waals surface area (Å²) in [6.45, 7) is 1.97. The summed E-state index contributed by atoms with van der Waals surface area (Å²) in [7, 11) is 0. The standard InChI is InChI=1S/C6H7N.C6H6.ClH/c1-6-4-2-3-5-7-6;1-2-4-6-5-3-1;/h2-5H,1H3;1-6H;1H. The SMILES string of the molecule is Cc1ccccn1.Cl.c1ccccc1. The van der Waals surface area contributed by atoms with Gasteiger partial charge in [0.05, 0.1) is 0 Å². The van der Waals surface area contributed by atoms with Gasteiger partial charge in [0.2, 0.25) is 0 Å². The molecule has 0 aliphatic rings. The van der Waals surface area contributed by atoms with Crippen molar-refractivity contribution >= 4 is 12.4 Å². The third kappa shape index (κ3) is 6.21. The van der Waals surface area contributed by atoms with Crippen molar-refractivity contribution in [3.63, 3.8) is 0 Å². The highest BCUT2D eigenvalue weighted by molar-refractivity contribution is 5.85. The number of aromatic nitrogens is 1. The van der Waals surface area contributed by atoms with E-state index in [1.807, 2.05) is 61.5 Å². The molecule has 1 heterocycles. The van der Waals surface area contributed by atoms with Crippen molar-refractivity contribution in [1.29, 1.82) is 0 Å². The molecule has 0 atom stereocenters. The summed E-state index contributed by atoms with van der Waals surface area (Å²) < 4.78 is 0. The number of halogens is 1. The van der Waals surface area contributed by atoms with Gasteiger partial charge in [-0.05, 0) is 19.1 Å². The van der Waals surface area contributed by atoms with E-state index < -0.39 is 0 Å². The molecule has 1 aromatic carbocycles. The van der Waals surface area contributed by atoms with E-state index in [0.717, 1.165) is 5.69 Å². The van der Waals surface area contributed by atoms with Crippen LogP contribution >= 0.6 is 12.4 Å². The number of rotatable bonds is 0. The topological polar surface area (TPSA) is 12.9 Å². The second kappa shape index (κ2) is 8.27. The summed E-state index contributed by atoms with van der Waals surface area (Å²) in [5, 5.41) is 0. The van der Waals surface area contributed by atoms with Crippen molar-refractivity contribution < 1.29 is 0 Å². The Morgan fingerprint density at radius 1 is 0.786 bits per heavy atom. The monoisotopic (exact) mass is 207 g/mol. The van der Waals surface area contributed by atoms with Gasteiger partial charge in [-0.3, -0.25) is 4.98 Å². The van der Waals surface area contributed by atoms with Gasteiger partial charge in [0, 0.05) is 11.9 Å². The fourth-order valence-corrected chi connectivity index (χ4v) is 0.833. The number of hydrogen-bond donors (Lipinski definition) is 0. The van der Waals surface area contributed by atoms with Crippen molar-refractivity contribution in [3.8, 4) is 0 Å². The predicted octanol–water partition coefficient (Wildman–Crippen LogP) is 3.50. The summed E-state index contributed by atoms with van der Waals surface area (Å²) in [5.41, 5.74) is 1.07. The highest BCUT2D eigenvalue weighted by atomic mass is 35.5. The Morgan fingerprint density at radius 2 is 1.29 bits per heavy atom. The van der Waals surface area contributed by atoms with Crippen molar-refractivity contribution in [2.75, 3.05) is 0 Å². The zero-order valence-corrected chi connectivity index (χ0v) is 8.95. The highest BCUT2D eigenvalue weighted by Crippen LogP contribution is 1.86. The molecule has 1 aromatic heterocycles. The molecule has 2 aromatic rings. The summed E-state index contributed by atoms with van der Waals surface area (Å²) in [5.74, 6) is 0. The molecular formula is C12H14ClN. The van der Waals surface area contributed by atoms with Gasteiger partial charge in [0.15, 0.2) is 0 Å². The lowest BCUT2D eigenvalue weighted by Crippen LogP contribution is -1.72. The van der Waals surface area contributed by atoms with Gasteiger partial charge in [-0.15, -0.1) is 12.4 Å². The quantitative estimate of drug-likeness (QED) is 0.645. The van der Waals surface area contributed by atoms with Gasteiger partial charge in [0.1, 0.15) is 0 Å². The summed E-state index contributed by atoms with van der Waals surface area (Å²) in [6.07, 6.45) is 1.79. The zero-order chi connectivity index (χ0) is 9.36. The van der Waals surface area contributed by atoms with Gasteiger partial charge in [0.25, 0.3) is 0 Å². The molecular weight excluding hydrogens is 194 g/mol. The molecule has 0 saturated carbocycles. The predicted molar refractivity (Wildman–Crippen MR) is 62.7 cm³/mol. The molecule has 14 heavy (non-hydrogen) atoms. The first-order valence-electron chi connectivity index (χ1n) is 4.27. The zero-order valence-electron chi connectivity index (χ0n) is 8.13. The van der Waals surface area contributed by atoms with Crippen LogP contribution in [0, 0.1) is 6.92 Å². The van der Waals surface area contributed by atoms with E-state index in [2.05, 4.69) is 4.98 Å². The summed E-state index contributed by atoms with van der Waals surface area (Å²) >= 11 is 0. The smallest absolute Gasteiger partial charge is 0.0372 e. The second-order valence-corrected chi connectivity index (χ2v) is 2.63. The molecule has 0 spiro atoms. The van der Waals surface area contributed by atoms with Gasteiger partial charge in [-0.25, -0.2) is 0 Å². The Bertz CT molecular complexity index is 281. The van der Waals surface area contributed by atoms with E-state index >= 15 is 0 Å².